The summed E-state index contributed by atoms with van der Waals surface area (Å²) in [5, 5.41) is 33.0. The number of hydrogen-bond acceptors (Lipinski definition) is 17. The van der Waals surface area contributed by atoms with E-state index in [2.05, 4.69) is 0 Å². The molecule has 6 fully saturated rings. The molecule has 0 aromatic rings. The van der Waals surface area contributed by atoms with E-state index in [1.54, 1.807) is 41.1 Å². The van der Waals surface area contributed by atoms with Gasteiger partial charge in [-0.05, 0) is 101 Å². The van der Waals surface area contributed by atoms with E-state index in [0.717, 1.165) is 6.42 Å². The average Bonchev–Trinajstić information content (AvgIpc) is 4.28. The molecule has 5 saturated heterocycles. The van der Waals surface area contributed by atoms with Crippen molar-refractivity contribution in [1.29, 1.82) is 0 Å². The van der Waals surface area contributed by atoms with Crippen LogP contribution in [0.2, 0.25) is 0 Å². The number of amides is 1. The van der Waals surface area contributed by atoms with E-state index >= 15 is 0 Å². The smallest absolute Gasteiger partial charge is 0.329 e. The van der Waals surface area contributed by atoms with E-state index in [9.17, 15) is 39.3 Å². The molecule has 0 radical (unpaired) electrons. The normalized spacial score (nSPS) is 45.6. The van der Waals surface area contributed by atoms with E-state index in [4.69, 9.17) is 42.6 Å². The Bertz CT molecular complexity index is 1930. The van der Waals surface area contributed by atoms with Crippen LogP contribution in [0.15, 0.2) is 11.6 Å². The van der Waals surface area contributed by atoms with E-state index < -0.39 is 83.4 Å². The van der Waals surface area contributed by atoms with Gasteiger partial charge in [0, 0.05) is 58.5 Å². The van der Waals surface area contributed by atoms with Gasteiger partial charge in [-0.3, -0.25) is 19.2 Å². The fraction of sp³-hybridized carbons (Fsp3) is 0.868. The molecule has 7 aliphatic rings. The predicted octanol–water partition coefficient (Wildman–Crippen LogP) is 3.83. The van der Waals surface area contributed by atoms with Crippen LogP contribution >= 0.6 is 0 Å². The summed E-state index contributed by atoms with van der Waals surface area (Å²) < 4.78 is 54.5. The molecule has 18 nitrogen and oxygen atoms in total. The minimum atomic E-state index is -2.47. The monoisotopic (exact) mass is 1010 g/mol. The summed E-state index contributed by atoms with van der Waals surface area (Å²) in [6, 6.07) is -1.16. The third kappa shape index (κ3) is 12.4. The molecule has 0 spiro atoms. The number of Topliss-reactive ketones (excluding diaryl/α,β-unsaturated/α-hetero) is 3. The third-order valence-corrected chi connectivity index (χ3v) is 17.2. The zero-order valence-electron chi connectivity index (χ0n) is 43.7. The van der Waals surface area contributed by atoms with E-state index in [1.165, 1.54) is 12.0 Å². The highest BCUT2D eigenvalue weighted by Gasteiger charge is 2.72. The van der Waals surface area contributed by atoms with Crippen molar-refractivity contribution in [2.24, 2.45) is 35.5 Å². The SMILES string of the molecule is COC1C[C@H](C[C@@H](C)[C@@H]2CC(=O)[C@H](C)/C=C(\C)[C@@H](O)[C@@H](OC)C(=O)[C@H](C)C[C@H](C)[C@@H]3O[C@H]3[C@@H]3O[C@H]3[C@@H]3O[C@@]3(C)[C@@H](OC)C[C@@H]3CC[C@@H](C)[C@@](O)(O3)C(=O)C(=O)N3CCCCC3C(=O)O2)CC[C@H]1OCCO. The number of nitrogens with zero attached hydrogens (tertiary/aromatic N) is 1. The minimum Gasteiger partial charge on any atom is -0.460 e. The number of methoxy groups -OCH3 is 3. The number of rotatable bonds is 9. The number of carbonyl (C=O) groups excluding carboxylic acids is 5. The fourth-order valence-electron chi connectivity index (χ4n) is 12.4. The van der Waals surface area contributed by atoms with Gasteiger partial charge in [-0.2, -0.15) is 0 Å². The Labute approximate surface area is 419 Å². The molecule has 3 N–H and O–H groups in total. The number of aliphatic hydroxyl groups excluding tert-OH is 2. The molecule has 6 heterocycles. The maximum Gasteiger partial charge on any atom is 0.329 e. The summed E-state index contributed by atoms with van der Waals surface area (Å²) in [6.45, 7) is 12.9. The number of carbonyl (C=O) groups is 5. The van der Waals surface area contributed by atoms with Gasteiger partial charge in [0.15, 0.2) is 5.78 Å². The number of hydrogen-bond donors (Lipinski definition) is 3. The molecular weight excluding hydrogens is 923 g/mol. The second-order valence-electron chi connectivity index (χ2n) is 22.3. The summed E-state index contributed by atoms with van der Waals surface area (Å²) >= 11 is 0. The number of aliphatic hydroxyl groups is 3. The van der Waals surface area contributed by atoms with Crippen LogP contribution in [0.5, 0.6) is 0 Å². The standard InChI is InChI=1S/C53H83NO17/c1-27-21-29(3)41(57)44(65-10)42(58)30(4)22-31(5)43-45(68-43)46-47(69-46)49-52(7,71-49)40(64-9)25-34-16-14-32(6)53(62,70-34)48(59)50(60)54-18-12-11-13-35(54)51(61)67-38(26-36(27)56)28(2)23-33-15-17-37(66-20-19-55)39(24-33)63-8/h21,27-28,30-35,37-41,43-47,49,55,57,62H,11-20,22-26H2,1-10H3/b29-21+/t27-,28-,30-,31+,32-,33+,34+,35?,37-,38+,39?,40+,41-,43+,44-,45-,46+,47-,49+,52+,53-/m1/s1. The summed E-state index contributed by atoms with van der Waals surface area (Å²) in [5.41, 5.74) is -0.388. The number of allylic oxidation sites excluding steroid dienone is 1. The molecule has 71 heavy (non-hydrogen) atoms. The first-order valence-corrected chi connectivity index (χ1v) is 26.4. The summed E-state index contributed by atoms with van der Waals surface area (Å²) in [5.74, 6) is -8.19. The van der Waals surface area contributed by atoms with Crippen LogP contribution in [-0.2, 0) is 66.6 Å². The fourth-order valence-corrected chi connectivity index (χ4v) is 12.4. The molecule has 402 valence electrons. The number of fused-ring (bicyclic) bond motifs is 8. The van der Waals surface area contributed by atoms with Crippen LogP contribution in [-0.4, -0.2) is 181 Å². The van der Waals surface area contributed by atoms with Crippen LogP contribution in [0.25, 0.3) is 0 Å². The van der Waals surface area contributed by atoms with Crippen molar-refractivity contribution in [3.05, 3.63) is 11.6 Å². The van der Waals surface area contributed by atoms with Gasteiger partial charge >= 0.3 is 5.97 Å². The molecule has 2 unspecified atom stereocenters. The highest BCUT2D eigenvalue weighted by atomic mass is 16.7. The second-order valence-corrected chi connectivity index (χ2v) is 22.3. The topological polar surface area (TPSA) is 242 Å². The number of epoxide rings is 3. The van der Waals surface area contributed by atoms with Gasteiger partial charge in [-0.15, -0.1) is 0 Å². The molecular formula is C53H83NO17. The van der Waals surface area contributed by atoms with E-state index in [-0.39, 0.29) is 111 Å². The Morgan fingerprint density at radius 2 is 1.56 bits per heavy atom. The highest BCUT2D eigenvalue weighted by Crippen LogP contribution is 2.55. The largest absolute Gasteiger partial charge is 0.460 e. The lowest BCUT2D eigenvalue weighted by Gasteiger charge is -2.43. The highest BCUT2D eigenvalue weighted by molar-refractivity contribution is 6.39. The minimum absolute atomic E-state index is 0.0197. The molecule has 7 rings (SSSR count). The van der Waals surface area contributed by atoms with Gasteiger partial charge in [-0.25, -0.2) is 4.79 Å². The molecule has 1 amide bonds. The van der Waals surface area contributed by atoms with E-state index in [1.807, 2.05) is 27.7 Å². The number of ether oxygens (including phenoxy) is 9. The number of cyclic esters (lactones) is 1. The number of ketones is 3. The Morgan fingerprint density at radius 1 is 0.845 bits per heavy atom. The predicted molar refractivity (Wildman–Crippen MR) is 255 cm³/mol. The van der Waals surface area contributed by atoms with Crippen molar-refractivity contribution in [2.75, 3.05) is 41.1 Å². The van der Waals surface area contributed by atoms with Crippen molar-refractivity contribution in [1.82, 2.24) is 4.90 Å². The van der Waals surface area contributed by atoms with Gasteiger partial charge < -0.3 is 62.9 Å². The molecule has 1 saturated carbocycles. The second kappa shape index (κ2) is 23.4. The lowest BCUT2D eigenvalue weighted by Crippen LogP contribution is -2.61. The van der Waals surface area contributed by atoms with Crippen molar-refractivity contribution in [3.63, 3.8) is 0 Å². The molecule has 1 aliphatic carbocycles. The van der Waals surface area contributed by atoms with Crippen LogP contribution in [0, 0.1) is 35.5 Å². The Morgan fingerprint density at radius 3 is 2.25 bits per heavy atom. The van der Waals surface area contributed by atoms with Gasteiger partial charge in [0.25, 0.3) is 11.7 Å². The molecule has 6 aliphatic heterocycles. The first kappa shape index (κ1) is 56.0. The maximum absolute atomic E-state index is 14.5. The maximum atomic E-state index is 14.5. The molecule has 2 bridgehead atoms. The zero-order chi connectivity index (χ0) is 51.7. The quantitative estimate of drug-likeness (QED) is 0.129. The van der Waals surface area contributed by atoms with E-state index in [0.29, 0.717) is 56.9 Å². The number of piperidine rings is 1. The van der Waals surface area contributed by atoms with Crippen LogP contribution in [0.1, 0.15) is 126 Å². The Hall–Kier alpha value is -2.75. The van der Waals surface area contributed by atoms with Gasteiger partial charge in [-0.1, -0.05) is 40.7 Å². The van der Waals surface area contributed by atoms with Crippen molar-refractivity contribution < 1.29 is 81.9 Å². The Balaban J connectivity index is 1.15. The summed E-state index contributed by atoms with van der Waals surface area (Å²) in [7, 11) is 4.58. The third-order valence-electron chi connectivity index (χ3n) is 17.2. The van der Waals surface area contributed by atoms with Crippen molar-refractivity contribution >= 4 is 29.2 Å². The van der Waals surface area contributed by atoms with Crippen LogP contribution < -0.4 is 0 Å². The molecule has 0 aromatic heterocycles. The molecule has 21 atom stereocenters. The summed E-state index contributed by atoms with van der Waals surface area (Å²) in [6.07, 6.45) is 0.909. The van der Waals surface area contributed by atoms with Gasteiger partial charge in [0.1, 0.15) is 60.2 Å². The first-order valence-electron chi connectivity index (χ1n) is 26.4. The van der Waals surface area contributed by atoms with Gasteiger partial charge in [0.2, 0.25) is 5.79 Å². The Kier molecular flexibility index (Phi) is 18.5. The lowest BCUT2D eigenvalue weighted by atomic mass is 9.78. The number of esters is 1. The zero-order valence-corrected chi connectivity index (χ0v) is 43.7. The molecule has 0 aromatic carbocycles. The first-order chi connectivity index (χ1) is 33.7. The van der Waals surface area contributed by atoms with Crippen LogP contribution in [0.3, 0.4) is 0 Å². The van der Waals surface area contributed by atoms with Gasteiger partial charge in [0.05, 0.1) is 43.7 Å². The van der Waals surface area contributed by atoms with Crippen molar-refractivity contribution in [3.8, 4) is 0 Å². The van der Waals surface area contributed by atoms with Crippen molar-refractivity contribution in [2.45, 2.75) is 216 Å². The van der Waals surface area contributed by atoms with Crippen LogP contribution in [0.4, 0.5) is 0 Å². The summed E-state index contributed by atoms with van der Waals surface area (Å²) in [4.78, 5) is 72.7. The average molecular weight is 1010 g/mol. The lowest BCUT2D eigenvalue weighted by molar-refractivity contribution is -0.267. The molecule has 18 heteroatoms.